The molecule has 1 N–H and O–H groups in total. The number of rotatable bonds is 5. The van der Waals surface area contributed by atoms with Gasteiger partial charge in [-0.05, 0) is 18.8 Å². The molecule has 1 aliphatic heterocycles. The van der Waals surface area contributed by atoms with Gasteiger partial charge >= 0.3 is 0 Å². The van der Waals surface area contributed by atoms with Crippen molar-refractivity contribution in [3.05, 3.63) is 0 Å². The molecular formula is C11H21NO2. The van der Waals surface area contributed by atoms with Crippen LogP contribution in [0.1, 0.15) is 39.5 Å². The third-order valence-electron chi connectivity index (χ3n) is 2.94. The topological polar surface area (TPSA) is 38.3 Å². The number of carbonyl (C=O) groups is 1. The van der Waals surface area contributed by atoms with Crippen molar-refractivity contribution in [3.63, 3.8) is 0 Å². The van der Waals surface area contributed by atoms with Gasteiger partial charge in [0.15, 0.2) is 0 Å². The standard InChI is InChI=1S/C11H21NO2/c1-3-9(4-2)8-12-11(13)10-6-5-7-14-10/h9-10H,3-8H2,1-2H3,(H,12,13)/t10-/m0/s1. The van der Waals surface area contributed by atoms with E-state index in [0.717, 1.165) is 38.8 Å². The van der Waals surface area contributed by atoms with Crippen molar-refractivity contribution in [1.29, 1.82) is 0 Å². The van der Waals surface area contributed by atoms with Crippen molar-refractivity contribution in [2.75, 3.05) is 13.2 Å². The zero-order valence-corrected chi connectivity index (χ0v) is 9.21. The highest BCUT2D eigenvalue weighted by molar-refractivity contribution is 5.80. The molecule has 1 aliphatic rings. The van der Waals surface area contributed by atoms with Crippen molar-refractivity contribution in [1.82, 2.24) is 5.32 Å². The van der Waals surface area contributed by atoms with Crippen molar-refractivity contribution in [2.45, 2.75) is 45.6 Å². The summed E-state index contributed by atoms with van der Waals surface area (Å²) in [6, 6.07) is 0. The number of nitrogens with one attached hydrogen (secondary N) is 1. The summed E-state index contributed by atoms with van der Waals surface area (Å²) in [5, 5.41) is 2.96. The number of ether oxygens (including phenoxy) is 1. The first kappa shape index (κ1) is 11.5. The van der Waals surface area contributed by atoms with Gasteiger partial charge < -0.3 is 10.1 Å². The van der Waals surface area contributed by atoms with Crippen LogP contribution in [0.25, 0.3) is 0 Å². The molecule has 1 saturated heterocycles. The summed E-state index contributed by atoms with van der Waals surface area (Å²) in [6.07, 6.45) is 3.98. The van der Waals surface area contributed by atoms with Gasteiger partial charge in [0.25, 0.3) is 0 Å². The third kappa shape index (κ3) is 3.29. The quantitative estimate of drug-likeness (QED) is 0.732. The summed E-state index contributed by atoms with van der Waals surface area (Å²) in [5.74, 6) is 0.690. The summed E-state index contributed by atoms with van der Waals surface area (Å²) in [6.45, 7) is 5.85. The molecule has 1 amide bonds. The molecule has 1 rings (SSSR count). The largest absolute Gasteiger partial charge is 0.368 e. The first-order chi connectivity index (χ1) is 6.77. The van der Waals surface area contributed by atoms with Crippen LogP contribution in [0, 0.1) is 5.92 Å². The van der Waals surface area contributed by atoms with Crippen molar-refractivity contribution in [2.24, 2.45) is 5.92 Å². The minimum atomic E-state index is -0.177. The monoisotopic (exact) mass is 199 g/mol. The van der Waals surface area contributed by atoms with Crippen LogP contribution in [0.2, 0.25) is 0 Å². The van der Waals surface area contributed by atoms with Crippen LogP contribution in [0.3, 0.4) is 0 Å². The predicted octanol–water partition coefficient (Wildman–Crippen LogP) is 1.72. The highest BCUT2D eigenvalue weighted by Gasteiger charge is 2.23. The lowest BCUT2D eigenvalue weighted by Crippen LogP contribution is -2.36. The average molecular weight is 199 g/mol. The lowest BCUT2D eigenvalue weighted by atomic mass is 10.0. The second-order valence-corrected chi connectivity index (χ2v) is 3.93. The molecule has 1 heterocycles. The van der Waals surface area contributed by atoms with E-state index < -0.39 is 0 Å². The molecule has 0 aromatic carbocycles. The van der Waals surface area contributed by atoms with Gasteiger partial charge in [-0.15, -0.1) is 0 Å². The van der Waals surface area contributed by atoms with E-state index >= 15 is 0 Å². The Morgan fingerprint density at radius 3 is 2.71 bits per heavy atom. The van der Waals surface area contributed by atoms with Gasteiger partial charge in [-0.1, -0.05) is 26.7 Å². The molecule has 14 heavy (non-hydrogen) atoms. The molecule has 0 radical (unpaired) electrons. The highest BCUT2D eigenvalue weighted by Crippen LogP contribution is 2.12. The molecule has 0 aromatic heterocycles. The molecule has 3 heteroatoms. The number of hydrogen-bond donors (Lipinski definition) is 1. The first-order valence-corrected chi connectivity index (χ1v) is 5.67. The summed E-state index contributed by atoms with van der Waals surface area (Å²) < 4.78 is 5.30. The van der Waals surface area contributed by atoms with Crippen molar-refractivity contribution < 1.29 is 9.53 Å². The van der Waals surface area contributed by atoms with E-state index in [-0.39, 0.29) is 12.0 Å². The molecular weight excluding hydrogens is 178 g/mol. The normalized spacial score (nSPS) is 21.5. The van der Waals surface area contributed by atoms with Crippen LogP contribution in [0.15, 0.2) is 0 Å². The minimum absolute atomic E-state index is 0.0781. The van der Waals surface area contributed by atoms with Gasteiger partial charge in [-0.3, -0.25) is 4.79 Å². The van der Waals surface area contributed by atoms with Crippen molar-refractivity contribution >= 4 is 5.91 Å². The van der Waals surface area contributed by atoms with Crippen LogP contribution in [-0.4, -0.2) is 25.2 Å². The summed E-state index contributed by atoms with van der Waals surface area (Å²) in [4.78, 5) is 11.5. The SMILES string of the molecule is CCC(CC)CNC(=O)[C@@H]1CCCO1. The molecule has 82 valence electrons. The van der Waals surface area contributed by atoms with E-state index in [9.17, 15) is 4.79 Å². The third-order valence-corrected chi connectivity index (χ3v) is 2.94. The molecule has 0 bridgehead atoms. The molecule has 0 saturated carbocycles. The van der Waals surface area contributed by atoms with Crippen LogP contribution in [0.5, 0.6) is 0 Å². The Kier molecular flexibility index (Phi) is 4.94. The minimum Gasteiger partial charge on any atom is -0.368 e. The molecule has 0 unspecified atom stereocenters. The van der Waals surface area contributed by atoms with Gasteiger partial charge in [-0.25, -0.2) is 0 Å². The van der Waals surface area contributed by atoms with E-state index in [1.165, 1.54) is 0 Å². The predicted molar refractivity (Wildman–Crippen MR) is 56.1 cm³/mol. The van der Waals surface area contributed by atoms with Crippen molar-refractivity contribution in [3.8, 4) is 0 Å². The highest BCUT2D eigenvalue weighted by atomic mass is 16.5. The number of carbonyl (C=O) groups excluding carboxylic acids is 1. The maximum Gasteiger partial charge on any atom is 0.249 e. The Balaban J connectivity index is 2.19. The van der Waals surface area contributed by atoms with Gasteiger partial charge in [0.1, 0.15) is 6.10 Å². The van der Waals surface area contributed by atoms with E-state index in [1.54, 1.807) is 0 Å². The Morgan fingerprint density at radius 1 is 1.50 bits per heavy atom. The van der Waals surface area contributed by atoms with Crippen LogP contribution >= 0.6 is 0 Å². The number of amides is 1. The van der Waals surface area contributed by atoms with Crippen LogP contribution in [-0.2, 0) is 9.53 Å². The van der Waals surface area contributed by atoms with Gasteiger partial charge in [0.2, 0.25) is 5.91 Å². The molecule has 1 atom stereocenters. The maximum atomic E-state index is 11.5. The van der Waals surface area contributed by atoms with E-state index in [0.29, 0.717) is 5.92 Å². The zero-order valence-electron chi connectivity index (χ0n) is 9.21. The maximum absolute atomic E-state index is 11.5. The lowest BCUT2D eigenvalue weighted by molar-refractivity contribution is -0.130. The van der Waals surface area contributed by atoms with E-state index in [4.69, 9.17) is 4.74 Å². The fraction of sp³-hybridized carbons (Fsp3) is 0.909. The van der Waals surface area contributed by atoms with Gasteiger partial charge in [-0.2, -0.15) is 0 Å². The average Bonchev–Trinajstić information content (AvgIpc) is 2.72. The zero-order chi connectivity index (χ0) is 10.4. The summed E-state index contributed by atoms with van der Waals surface area (Å²) in [7, 11) is 0. The smallest absolute Gasteiger partial charge is 0.249 e. The lowest BCUT2D eigenvalue weighted by Gasteiger charge is -2.15. The second kappa shape index (κ2) is 6.02. The van der Waals surface area contributed by atoms with Gasteiger partial charge in [0.05, 0.1) is 0 Å². The van der Waals surface area contributed by atoms with E-state index in [2.05, 4.69) is 19.2 Å². The Hall–Kier alpha value is -0.570. The summed E-state index contributed by atoms with van der Waals surface area (Å²) in [5.41, 5.74) is 0. The second-order valence-electron chi connectivity index (χ2n) is 3.93. The fourth-order valence-electron chi connectivity index (χ4n) is 1.72. The first-order valence-electron chi connectivity index (χ1n) is 5.67. The molecule has 0 aromatic rings. The fourth-order valence-corrected chi connectivity index (χ4v) is 1.72. The molecule has 0 aliphatic carbocycles. The molecule has 3 nitrogen and oxygen atoms in total. The van der Waals surface area contributed by atoms with Crippen LogP contribution < -0.4 is 5.32 Å². The Bertz CT molecular complexity index is 172. The molecule has 0 spiro atoms. The van der Waals surface area contributed by atoms with Gasteiger partial charge in [0, 0.05) is 13.2 Å². The Morgan fingerprint density at radius 2 is 2.21 bits per heavy atom. The Labute approximate surface area is 86.2 Å². The molecule has 1 fully saturated rings. The van der Waals surface area contributed by atoms with E-state index in [1.807, 2.05) is 0 Å². The summed E-state index contributed by atoms with van der Waals surface area (Å²) >= 11 is 0. The number of hydrogen-bond acceptors (Lipinski definition) is 2. The van der Waals surface area contributed by atoms with Crippen LogP contribution in [0.4, 0.5) is 0 Å².